The lowest BCUT2D eigenvalue weighted by molar-refractivity contribution is 0.0430. The molecular formula is C17H13ClN2O3. The summed E-state index contributed by atoms with van der Waals surface area (Å²) in [6.07, 6.45) is 0. The summed E-state index contributed by atoms with van der Waals surface area (Å²) in [5.41, 5.74) is 2.40. The molecule has 0 spiro atoms. The summed E-state index contributed by atoms with van der Waals surface area (Å²) in [6, 6.07) is 14.2. The number of esters is 1. The Morgan fingerprint density at radius 1 is 1.13 bits per heavy atom. The maximum atomic E-state index is 11.9. The highest BCUT2D eigenvalue weighted by Gasteiger charge is 2.12. The standard InChI is InChI=1S/C17H13ClN2O3/c1-11-2-4-12(5-3-11)16-19-15(23-20-16)10-22-17(21)13-6-8-14(18)9-7-13/h2-9H,10H2,1H3. The molecule has 0 N–H and O–H groups in total. The van der Waals surface area contributed by atoms with Crippen molar-refractivity contribution in [3.05, 3.63) is 70.6 Å². The normalized spacial score (nSPS) is 10.5. The third-order valence-electron chi connectivity index (χ3n) is 3.18. The first-order valence-electron chi connectivity index (χ1n) is 6.94. The summed E-state index contributed by atoms with van der Waals surface area (Å²) < 4.78 is 10.2. The molecule has 1 aromatic heterocycles. The number of rotatable bonds is 4. The molecule has 0 fully saturated rings. The van der Waals surface area contributed by atoms with Crippen molar-refractivity contribution in [3.63, 3.8) is 0 Å². The number of ether oxygens (including phenoxy) is 1. The smallest absolute Gasteiger partial charge is 0.338 e. The third-order valence-corrected chi connectivity index (χ3v) is 3.44. The number of nitrogens with zero attached hydrogens (tertiary/aromatic N) is 2. The number of aromatic nitrogens is 2. The van der Waals surface area contributed by atoms with E-state index in [-0.39, 0.29) is 12.5 Å². The molecule has 0 aliphatic carbocycles. The van der Waals surface area contributed by atoms with E-state index < -0.39 is 5.97 Å². The molecule has 0 saturated heterocycles. The zero-order valence-corrected chi connectivity index (χ0v) is 13.1. The van der Waals surface area contributed by atoms with Crippen molar-refractivity contribution in [1.29, 1.82) is 0 Å². The van der Waals surface area contributed by atoms with Crippen LogP contribution in [0.2, 0.25) is 5.02 Å². The average molecular weight is 329 g/mol. The zero-order valence-electron chi connectivity index (χ0n) is 12.3. The van der Waals surface area contributed by atoms with Crippen LogP contribution in [0.15, 0.2) is 53.1 Å². The van der Waals surface area contributed by atoms with Crippen LogP contribution >= 0.6 is 11.6 Å². The number of benzene rings is 2. The van der Waals surface area contributed by atoms with Gasteiger partial charge in [-0.3, -0.25) is 0 Å². The molecule has 5 nitrogen and oxygen atoms in total. The van der Waals surface area contributed by atoms with E-state index in [1.807, 2.05) is 31.2 Å². The predicted octanol–water partition coefficient (Wildman–Crippen LogP) is 4.06. The topological polar surface area (TPSA) is 65.2 Å². The van der Waals surface area contributed by atoms with E-state index in [0.717, 1.165) is 11.1 Å². The van der Waals surface area contributed by atoms with Gasteiger partial charge in [0.25, 0.3) is 5.89 Å². The Kier molecular flexibility index (Phi) is 4.39. The molecule has 6 heteroatoms. The van der Waals surface area contributed by atoms with Crippen molar-refractivity contribution in [3.8, 4) is 11.4 Å². The second-order valence-corrected chi connectivity index (χ2v) is 5.40. The first kappa shape index (κ1) is 15.2. The molecular weight excluding hydrogens is 316 g/mol. The van der Waals surface area contributed by atoms with Gasteiger partial charge in [-0.25, -0.2) is 4.79 Å². The van der Waals surface area contributed by atoms with Crippen LogP contribution in [0.25, 0.3) is 11.4 Å². The van der Waals surface area contributed by atoms with E-state index in [2.05, 4.69) is 10.1 Å². The summed E-state index contributed by atoms with van der Waals surface area (Å²) in [4.78, 5) is 16.1. The maximum Gasteiger partial charge on any atom is 0.338 e. The van der Waals surface area contributed by atoms with Gasteiger partial charge in [0.2, 0.25) is 5.82 Å². The van der Waals surface area contributed by atoms with E-state index in [1.165, 1.54) is 0 Å². The Balaban J connectivity index is 1.64. The highest BCUT2D eigenvalue weighted by molar-refractivity contribution is 6.30. The van der Waals surface area contributed by atoms with Gasteiger partial charge < -0.3 is 9.26 Å². The fourth-order valence-electron chi connectivity index (χ4n) is 1.93. The molecule has 1 heterocycles. The van der Waals surface area contributed by atoms with Crippen molar-refractivity contribution in [1.82, 2.24) is 10.1 Å². The zero-order chi connectivity index (χ0) is 16.2. The van der Waals surface area contributed by atoms with Gasteiger partial charge in [0.05, 0.1) is 5.56 Å². The summed E-state index contributed by atoms with van der Waals surface area (Å²) in [7, 11) is 0. The maximum absolute atomic E-state index is 11.9. The van der Waals surface area contributed by atoms with Crippen LogP contribution in [0, 0.1) is 6.92 Å². The van der Waals surface area contributed by atoms with Gasteiger partial charge in [0.15, 0.2) is 6.61 Å². The van der Waals surface area contributed by atoms with Crippen molar-refractivity contribution >= 4 is 17.6 Å². The van der Waals surface area contributed by atoms with Gasteiger partial charge in [0, 0.05) is 10.6 Å². The quantitative estimate of drug-likeness (QED) is 0.676. The monoisotopic (exact) mass is 328 g/mol. The minimum Gasteiger partial charge on any atom is -0.452 e. The average Bonchev–Trinajstić information content (AvgIpc) is 3.03. The molecule has 0 unspecified atom stereocenters. The minimum atomic E-state index is -0.475. The molecule has 0 radical (unpaired) electrons. The lowest BCUT2D eigenvalue weighted by Gasteiger charge is -2.01. The second-order valence-electron chi connectivity index (χ2n) is 4.96. The Labute approximate surface area is 137 Å². The Morgan fingerprint density at radius 2 is 1.83 bits per heavy atom. The van der Waals surface area contributed by atoms with E-state index in [4.69, 9.17) is 20.9 Å². The summed E-state index contributed by atoms with van der Waals surface area (Å²) in [5, 5.41) is 4.44. The molecule has 3 rings (SSSR count). The molecule has 0 aliphatic heterocycles. The molecule has 116 valence electrons. The fourth-order valence-corrected chi connectivity index (χ4v) is 2.06. The number of hydrogen-bond donors (Lipinski definition) is 0. The Bertz CT molecular complexity index is 811. The summed E-state index contributed by atoms with van der Waals surface area (Å²) in [5.74, 6) is 0.224. The largest absolute Gasteiger partial charge is 0.452 e. The van der Waals surface area contributed by atoms with E-state index in [1.54, 1.807) is 24.3 Å². The first-order valence-corrected chi connectivity index (χ1v) is 7.32. The summed E-state index contributed by atoms with van der Waals surface area (Å²) >= 11 is 5.77. The number of carbonyl (C=O) groups excluding carboxylic acids is 1. The van der Waals surface area contributed by atoms with Gasteiger partial charge in [-0.15, -0.1) is 0 Å². The molecule has 2 aromatic carbocycles. The first-order chi connectivity index (χ1) is 11.1. The number of hydrogen-bond acceptors (Lipinski definition) is 5. The number of aryl methyl sites for hydroxylation is 1. The van der Waals surface area contributed by atoms with Crippen LogP contribution in [0.5, 0.6) is 0 Å². The van der Waals surface area contributed by atoms with Crippen molar-refractivity contribution in [2.45, 2.75) is 13.5 Å². The van der Waals surface area contributed by atoms with Crippen molar-refractivity contribution in [2.24, 2.45) is 0 Å². The number of carbonyl (C=O) groups is 1. The van der Waals surface area contributed by atoms with Crippen LogP contribution in [0.3, 0.4) is 0 Å². The Hall–Kier alpha value is -2.66. The molecule has 3 aromatic rings. The van der Waals surface area contributed by atoms with Crippen LogP contribution in [0.4, 0.5) is 0 Å². The lowest BCUT2D eigenvalue weighted by atomic mass is 10.1. The van der Waals surface area contributed by atoms with Gasteiger partial charge in [0.1, 0.15) is 0 Å². The van der Waals surface area contributed by atoms with Crippen LogP contribution in [-0.4, -0.2) is 16.1 Å². The van der Waals surface area contributed by atoms with Gasteiger partial charge in [-0.1, -0.05) is 46.6 Å². The van der Waals surface area contributed by atoms with Crippen molar-refractivity contribution < 1.29 is 14.1 Å². The molecule has 0 saturated carbocycles. The molecule has 0 bridgehead atoms. The Morgan fingerprint density at radius 3 is 2.52 bits per heavy atom. The lowest BCUT2D eigenvalue weighted by Crippen LogP contribution is -2.05. The highest BCUT2D eigenvalue weighted by atomic mass is 35.5. The molecule has 0 aliphatic rings. The van der Waals surface area contributed by atoms with Crippen molar-refractivity contribution in [2.75, 3.05) is 0 Å². The fraction of sp³-hybridized carbons (Fsp3) is 0.118. The molecule has 0 amide bonds. The molecule has 23 heavy (non-hydrogen) atoms. The van der Waals surface area contributed by atoms with Gasteiger partial charge in [-0.2, -0.15) is 4.98 Å². The van der Waals surface area contributed by atoms with E-state index in [0.29, 0.717) is 16.4 Å². The van der Waals surface area contributed by atoms with Crippen LogP contribution in [0.1, 0.15) is 21.8 Å². The van der Waals surface area contributed by atoms with Gasteiger partial charge >= 0.3 is 5.97 Å². The van der Waals surface area contributed by atoms with E-state index >= 15 is 0 Å². The number of halogens is 1. The van der Waals surface area contributed by atoms with Crippen LogP contribution in [-0.2, 0) is 11.3 Å². The molecule has 0 atom stereocenters. The second kappa shape index (κ2) is 6.62. The van der Waals surface area contributed by atoms with Gasteiger partial charge in [-0.05, 0) is 31.2 Å². The van der Waals surface area contributed by atoms with E-state index in [9.17, 15) is 4.79 Å². The predicted molar refractivity (Wildman–Crippen MR) is 85.0 cm³/mol. The summed E-state index contributed by atoms with van der Waals surface area (Å²) in [6.45, 7) is 1.92. The SMILES string of the molecule is Cc1ccc(-c2noc(COC(=O)c3ccc(Cl)cc3)n2)cc1. The van der Waals surface area contributed by atoms with Crippen LogP contribution < -0.4 is 0 Å². The highest BCUT2D eigenvalue weighted by Crippen LogP contribution is 2.17. The third kappa shape index (κ3) is 3.76. The minimum absolute atomic E-state index is 0.0830.